The molecule has 0 spiro atoms. The van der Waals surface area contributed by atoms with Crippen LogP contribution >= 0.6 is 0 Å². The van der Waals surface area contributed by atoms with Crippen molar-refractivity contribution in [2.24, 2.45) is 0 Å². The summed E-state index contributed by atoms with van der Waals surface area (Å²) in [6, 6.07) is 4.07. The summed E-state index contributed by atoms with van der Waals surface area (Å²) in [6.45, 7) is 2.91. The van der Waals surface area contributed by atoms with Crippen LogP contribution in [0.2, 0.25) is 0 Å². The predicted molar refractivity (Wildman–Crippen MR) is 73.5 cm³/mol. The zero-order valence-electron chi connectivity index (χ0n) is 10.9. The van der Waals surface area contributed by atoms with Gasteiger partial charge in [0.15, 0.2) is 0 Å². The fourth-order valence-electron chi connectivity index (χ4n) is 2.70. The lowest BCUT2D eigenvalue weighted by molar-refractivity contribution is -0.134. The van der Waals surface area contributed by atoms with Crippen molar-refractivity contribution in [2.75, 3.05) is 11.9 Å². The molecule has 19 heavy (non-hydrogen) atoms. The number of aromatic nitrogens is 2. The molecule has 0 atom stereocenters. The van der Waals surface area contributed by atoms with Gasteiger partial charge in [0.1, 0.15) is 6.54 Å². The molecule has 2 aromatic rings. The smallest absolute Gasteiger partial charge is 0.322 e. The highest BCUT2D eigenvalue weighted by Gasteiger charge is 2.16. The summed E-state index contributed by atoms with van der Waals surface area (Å²) in [6.07, 6.45) is 3.49. The van der Waals surface area contributed by atoms with Gasteiger partial charge in [-0.2, -0.15) is 5.10 Å². The van der Waals surface area contributed by atoms with Gasteiger partial charge in [0.25, 0.3) is 0 Å². The van der Waals surface area contributed by atoms with Gasteiger partial charge in [-0.25, -0.2) is 0 Å². The normalized spacial score (nSPS) is 14.4. The van der Waals surface area contributed by atoms with Crippen molar-refractivity contribution in [3.05, 3.63) is 23.4 Å². The van der Waals surface area contributed by atoms with Crippen LogP contribution in [0.15, 0.2) is 12.1 Å². The first kappa shape index (κ1) is 12.0. The molecule has 2 heterocycles. The standard InChI is InChI=1S/C14H17N3O2/c1-9-6-10-12(7-11(9)15-8-14(18)19)16-17-5-3-2-4-13(10)17/h6-7,15H,2-5,8H2,1H3,(H,18,19). The molecule has 1 aliphatic rings. The van der Waals surface area contributed by atoms with E-state index in [0.717, 1.165) is 29.7 Å². The maximum Gasteiger partial charge on any atom is 0.322 e. The summed E-state index contributed by atoms with van der Waals surface area (Å²) in [5, 5.41) is 17.5. The second-order valence-electron chi connectivity index (χ2n) is 5.06. The molecule has 0 aliphatic carbocycles. The number of hydrogen-bond donors (Lipinski definition) is 2. The van der Waals surface area contributed by atoms with Crippen molar-refractivity contribution in [3.63, 3.8) is 0 Å². The van der Waals surface area contributed by atoms with E-state index in [9.17, 15) is 4.79 Å². The van der Waals surface area contributed by atoms with Gasteiger partial charge < -0.3 is 10.4 Å². The first-order chi connectivity index (χ1) is 9.15. The number of nitrogens with one attached hydrogen (secondary N) is 1. The number of aryl methyl sites for hydroxylation is 3. The summed E-state index contributed by atoms with van der Waals surface area (Å²) in [5.41, 5.74) is 4.19. The third-order valence-electron chi connectivity index (χ3n) is 3.66. The summed E-state index contributed by atoms with van der Waals surface area (Å²) in [5.74, 6) is -0.858. The van der Waals surface area contributed by atoms with E-state index in [4.69, 9.17) is 5.11 Å². The molecule has 0 amide bonds. The molecular weight excluding hydrogens is 242 g/mol. The number of carbonyl (C=O) groups is 1. The van der Waals surface area contributed by atoms with Crippen LogP contribution in [0.3, 0.4) is 0 Å². The second-order valence-corrected chi connectivity index (χ2v) is 5.06. The lowest BCUT2D eigenvalue weighted by Crippen LogP contribution is -2.12. The fourth-order valence-corrected chi connectivity index (χ4v) is 2.70. The van der Waals surface area contributed by atoms with Crippen molar-refractivity contribution in [3.8, 4) is 0 Å². The van der Waals surface area contributed by atoms with Gasteiger partial charge in [-0.05, 0) is 43.9 Å². The Labute approximate surface area is 111 Å². The maximum atomic E-state index is 10.6. The van der Waals surface area contributed by atoms with E-state index in [1.54, 1.807) is 0 Å². The fraction of sp³-hybridized carbons (Fsp3) is 0.429. The average Bonchev–Trinajstić information content (AvgIpc) is 2.73. The number of rotatable bonds is 3. The monoisotopic (exact) mass is 259 g/mol. The Morgan fingerprint density at radius 1 is 1.47 bits per heavy atom. The van der Waals surface area contributed by atoms with Gasteiger partial charge in [-0.15, -0.1) is 0 Å². The molecule has 0 unspecified atom stereocenters. The van der Waals surface area contributed by atoms with Crippen LogP contribution in [-0.2, 0) is 17.8 Å². The topological polar surface area (TPSA) is 67.2 Å². The molecule has 1 aromatic heterocycles. The molecule has 1 aliphatic heterocycles. The summed E-state index contributed by atoms with van der Waals surface area (Å²) in [7, 11) is 0. The van der Waals surface area contributed by atoms with Crippen molar-refractivity contribution in [1.82, 2.24) is 9.78 Å². The number of aliphatic carboxylic acids is 1. The first-order valence-corrected chi connectivity index (χ1v) is 6.61. The van der Waals surface area contributed by atoms with Gasteiger partial charge in [0.05, 0.1) is 5.52 Å². The molecular formula is C14H17N3O2. The number of anilines is 1. The molecule has 0 bridgehead atoms. The number of hydrogen-bond acceptors (Lipinski definition) is 3. The predicted octanol–water partition coefficient (Wildman–Crippen LogP) is 2.18. The Bertz CT molecular complexity index is 646. The van der Waals surface area contributed by atoms with Crippen LogP contribution in [0.25, 0.3) is 10.9 Å². The number of carboxylic acids is 1. The van der Waals surface area contributed by atoms with Gasteiger partial charge >= 0.3 is 5.97 Å². The third kappa shape index (κ3) is 2.16. The molecule has 2 N–H and O–H groups in total. The number of carboxylic acid groups (broad SMARTS) is 1. The van der Waals surface area contributed by atoms with E-state index >= 15 is 0 Å². The van der Waals surface area contributed by atoms with E-state index in [2.05, 4.69) is 21.2 Å². The van der Waals surface area contributed by atoms with Crippen molar-refractivity contribution in [1.29, 1.82) is 0 Å². The maximum absolute atomic E-state index is 10.6. The van der Waals surface area contributed by atoms with Crippen molar-refractivity contribution < 1.29 is 9.90 Å². The number of nitrogens with zero attached hydrogens (tertiary/aromatic N) is 2. The minimum atomic E-state index is -0.858. The van der Waals surface area contributed by atoms with Crippen LogP contribution in [0, 0.1) is 6.92 Å². The SMILES string of the molecule is Cc1cc2c3n(nc2cc1NCC(=O)O)CCCC3. The Kier molecular flexibility index (Phi) is 2.89. The van der Waals surface area contributed by atoms with Crippen LogP contribution < -0.4 is 5.32 Å². The molecule has 5 nitrogen and oxygen atoms in total. The van der Waals surface area contributed by atoms with Gasteiger partial charge in [0, 0.05) is 23.3 Å². The zero-order valence-corrected chi connectivity index (χ0v) is 10.9. The van der Waals surface area contributed by atoms with E-state index in [0.29, 0.717) is 0 Å². The van der Waals surface area contributed by atoms with Crippen LogP contribution in [0.5, 0.6) is 0 Å². The minimum Gasteiger partial charge on any atom is -0.480 e. The molecule has 0 radical (unpaired) electrons. The average molecular weight is 259 g/mol. The van der Waals surface area contributed by atoms with E-state index in [1.807, 2.05) is 13.0 Å². The van der Waals surface area contributed by atoms with Crippen LogP contribution in [-0.4, -0.2) is 27.4 Å². The highest BCUT2D eigenvalue weighted by molar-refractivity contribution is 5.87. The van der Waals surface area contributed by atoms with Crippen LogP contribution in [0.1, 0.15) is 24.1 Å². The summed E-state index contributed by atoms with van der Waals surface area (Å²) < 4.78 is 2.09. The molecule has 100 valence electrons. The molecule has 0 saturated carbocycles. The lowest BCUT2D eigenvalue weighted by atomic mass is 10.0. The molecule has 5 heteroatoms. The Morgan fingerprint density at radius 3 is 3.11 bits per heavy atom. The number of benzene rings is 1. The second kappa shape index (κ2) is 4.57. The molecule has 1 aromatic carbocycles. The highest BCUT2D eigenvalue weighted by atomic mass is 16.4. The minimum absolute atomic E-state index is 0.0695. The van der Waals surface area contributed by atoms with Crippen molar-refractivity contribution >= 4 is 22.6 Å². The Morgan fingerprint density at radius 2 is 2.32 bits per heavy atom. The molecule has 0 saturated heterocycles. The number of fused-ring (bicyclic) bond motifs is 3. The lowest BCUT2D eigenvalue weighted by Gasteiger charge is -2.13. The van der Waals surface area contributed by atoms with E-state index in [1.165, 1.54) is 23.9 Å². The quantitative estimate of drug-likeness (QED) is 0.886. The molecule has 3 rings (SSSR count). The first-order valence-electron chi connectivity index (χ1n) is 6.61. The third-order valence-corrected chi connectivity index (χ3v) is 3.66. The summed E-state index contributed by atoms with van der Waals surface area (Å²) in [4.78, 5) is 10.6. The van der Waals surface area contributed by atoms with Crippen LogP contribution in [0.4, 0.5) is 5.69 Å². The van der Waals surface area contributed by atoms with Gasteiger partial charge in [-0.1, -0.05) is 0 Å². The van der Waals surface area contributed by atoms with Gasteiger partial charge in [-0.3, -0.25) is 9.48 Å². The van der Waals surface area contributed by atoms with Crippen molar-refractivity contribution in [2.45, 2.75) is 32.7 Å². The zero-order chi connectivity index (χ0) is 13.4. The largest absolute Gasteiger partial charge is 0.480 e. The highest BCUT2D eigenvalue weighted by Crippen LogP contribution is 2.28. The Hall–Kier alpha value is -2.04. The van der Waals surface area contributed by atoms with E-state index in [-0.39, 0.29) is 6.54 Å². The van der Waals surface area contributed by atoms with E-state index < -0.39 is 5.97 Å². The molecule has 0 fully saturated rings. The van der Waals surface area contributed by atoms with Gasteiger partial charge in [0.2, 0.25) is 0 Å². The summed E-state index contributed by atoms with van der Waals surface area (Å²) >= 11 is 0. The Balaban J connectivity index is 2.03.